The van der Waals surface area contributed by atoms with E-state index in [1.807, 2.05) is 0 Å². The highest BCUT2D eigenvalue weighted by Crippen LogP contribution is 2.49. The molecule has 2 atom stereocenters. The van der Waals surface area contributed by atoms with Crippen LogP contribution in [0, 0.1) is 5.92 Å². The predicted octanol–water partition coefficient (Wildman–Crippen LogP) is 3.92. The summed E-state index contributed by atoms with van der Waals surface area (Å²) < 4.78 is 0. The van der Waals surface area contributed by atoms with Gasteiger partial charge in [0, 0.05) is 12.2 Å². The van der Waals surface area contributed by atoms with E-state index in [1.165, 1.54) is 33.7 Å². The molecule has 3 heteroatoms. The van der Waals surface area contributed by atoms with Crippen LogP contribution in [0.3, 0.4) is 0 Å². The average molecular weight is 297 g/mol. The number of hydrogen-bond donors (Lipinski definition) is 0. The van der Waals surface area contributed by atoms with Crippen LogP contribution in [0.15, 0.2) is 30.4 Å². The van der Waals surface area contributed by atoms with Crippen molar-refractivity contribution in [3.8, 4) is 0 Å². The van der Waals surface area contributed by atoms with Gasteiger partial charge < -0.3 is 0 Å². The number of benzene rings is 1. The Labute approximate surface area is 132 Å². The highest BCUT2D eigenvalue weighted by molar-refractivity contribution is 6.13. The van der Waals surface area contributed by atoms with Crippen molar-refractivity contribution in [2.45, 2.75) is 52.0 Å². The molecular formula is C19H23NO2. The van der Waals surface area contributed by atoms with E-state index in [0.29, 0.717) is 17.8 Å². The molecule has 0 saturated heterocycles. The first-order valence-electron chi connectivity index (χ1n) is 8.09. The van der Waals surface area contributed by atoms with E-state index in [1.54, 1.807) is 0 Å². The Morgan fingerprint density at radius 2 is 1.68 bits per heavy atom. The van der Waals surface area contributed by atoms with Crippen LogP contribution in [0.4, 0.5) is 0 Å². The summed E-state index contributed by atoms with van der Waals surface area (Å²) in [5.41, 5.74) is 3.79. The molecule has 0 bridgehead atoms. The number of carbonyl (C=O) groups is 2. The number of fused-ring (bicyclic) bond motifs is 1. The Bertz CT molecular complexity index is 639. The van der Waals surface area contributed by atoms with Crippen LogP contribution in [0.2, 0.25) is 0 Å². The van der Waals surface area contributed by atoms with Crippen molar-refractivity contribution in [2.75, 3.05) is 0 Å². The Morgan fingerprint density at radius 3 is 2.23 bits per heavy atom. The maximum absolute atomic E-state index is 12.2. The molecule has 22 heavy (non-hydrogen) atoms. The van der Waals surface area contributed by atoms with Crippen LogP contribution in [-0.2, 0) is 9.59 Å². The molecule has 0 saturated carbocycles. The Balaban J connectivity index is 2.13. The van der Waals surface area contributed by atoms with Gasteiger partial charge in [-0.05, 0) is 40.9 Å². The molecule has 0 fully saturated rings. The number of imide groups is 1. The fourth-order valence-corrected chi connectivity index (χ4v) is 3.88. The van der Waals surface area contributed by atoms with Crippen molar-refractivity contribution in [3.05, 3.63) is 47.0 Å². The third-order valence-electron chi connectivity index (χ3n) is 4.97. The molecule has 1 aliphatic carbocycles. The molecule has 1 aromatic rings. The van der Waals surface area contributed by atoms with Crippen molar-refractivity contribution < 1.29 is 9.59 Å². The topological polar surface area (TPSA) is 37.4 Å². The van der Waals surface area contributed by atoms with Crippen LogP contribution >= 0.6 is 0 Å². The third-order valence-corrected chi connectivity index (χ3v) is 4.97. The summed E-state index contributed by atoms with van der Waals surface area (Å²) in [6, 6.07) is 6.30. The second kappa shape index (κ2) is 5.38. The lowest BCUT2D eigenvalue weighted by molar-refractivity contribution is -0.139. The maximum Gasteiger partial charge on any atom is 0.254 e. The van der Waals surface area contributed by atoms with Crippen LogP contribution in [0.1, 0.15) is 68.7 Å². The highest BCUT2D eigenvalue weighted by atomic mass is 16.2. The van der Waals surface area contributed by atoms with Gasteiger partial charge in [-0.25, -0.2) is 0 Å². The van der Waals surface area contributed by atoms with Crippen molar-refractivity contribution in [3.63, 3.8) is 0 Å². The highest BCUT2D eigenvalue weighted by Gasteiger charge is 2.42. The summed E-state index contributed by atoms with van der Waals surface area (Å²) in [5.74, 6) is 0.920. The second-order valence-electron chi connectivity index (χ2n) is 6.99. The minimum atomic E-state index is -0.177. The van der Waals surface area contributed by atoms with Gasteiger partial charge in [-0.3, -0.25) is 14.5 Å². The molecule has 0 aromatic heterocycles. The fraction of sp³-hybridized carbons (Fsp3) is 0.474. The number of carbonyl (C=O) groups excluding carboxylic acids is 2. The number of nitrogens with zero attached hydrogens (tertiary/aromatic N) is 1. The summed E-state index contributed by atoms with van der Waals surface area (Å²) in [6.07, 6.45) is 3.63. The summed E-state index contributed by atoms with van der Waals surface area (Å²) in [6.45, 7) is 8.76. The summed E-state index contributed by atoms with van der Waals surface area (Å²) >= 11 is 0. The standard InChI is InChI=1S/C19H23NO2/c1-11(2)13-6-5-7-14-15(12(3)4)10-16(19(13)14)20-17(21)8-9-18(20)22/h5-9,11-12,15-16H,10H2,1-4H3/t15-,16-/m0/s1. The SMILES string of the molecule is CC(C)c1cccc2c1[C@@H](N1C(=O)C=CC1=O)C[C@H]2C(C)C. The van der Waals surface area contributed by atoms with E-state index < -0.39 is 0 Å². The Morgan fingerprint density at radius 1 is 1.05 bits per heavy atom. The lowest BCUT2D eigenvalue weighted by Crippen LogP contribution is -2.33. The largest absolute Gasteiger partial charge is 0.269 e. The third kappa shape index (κ3) is 2.20. The molecule has 0 N–H and O–H groups in total. The van der Waals surface area contributed by atoms with E-state index >= 15 is 0 Å². The Kier molecular flexibility index (Phi) is 3.67. The van der Waals surface area contributed by atoms with E-state index in [9.17, 15) is 9.59 Å². The molecule has 1 aliphatic heterocycles. The quantitative estimate of drug-likeness (QED) is 0.793. The van der Waals surface area contributed by atoms with Gasteiger partial charge in [0.2, 0.25) is 0 Å². The van der Waals surface area contributed by atoms with E-state index in [-0.39, 0.29) is 17.9 Å². The van der Waals surface area contributed by atoms with Gasteiger partial charge >= 0.3 is 0 Å². The van der Waals surface area contributed by atoms with Gasteiger partial charge in [-0.15, -0.1) is 0 Å². The first kappa shape index (κ1) is 15.0. The van der Waals surface area contributed by atoms with Gasteiger partial charge in [-0.2, -0.15) is 0 Å². The first-order valence-corrected chi connectivity index (χ1v) is 8.09. The maximum atomic E-state index is 12.2. The molecule has 1 heterocycles. The summed E-state index contributed by atoms with van der Waals surface area (Å²) in [5, 5.41) is 0. The van der Waals surface area contributed by atoms with Crippen molar-refractivity contribution in [1.82, 2.24) is 4.90 Å². The summed E-state index contributed by atoms with van der Waals surface area (Å²) in [7, 11) is 0. The number of rotatable bonds is 3. The van der Waals surface area contributed by atoms with E-state index in [0.717, 1.165) is 6.42 Å². The van der Waals surface area contributed by atoms with Crippen molar-refractivity contribution in [2.24, 2.45) is 5.92 Å². The molecule has 0 spiro atoms. The van der Waals surface area contributed by atoms with Crippen molar-refractivity contribution in [1.29, 1.82) is 0 Å². The predicted molar refractivity (Wildman–Crippen MR) is 86.5 cm³/mol. The first-order chi connectivity index (χ1) is 10.4. The fourth-order valence-electron chi connectivity index (χ4n) is 3.88. The monoisotopic (exact) mass is 297 g/mol. The number of hydrogen-bond acceptors (Lipinski definition) is 2. The molecule has 3 nitrogen and oxygen atoms in total. The minimum absolute atomic E-state index is 0.115. The molecule has 2 aliphatic rings. The van der Waals surface area contributed by atoms with Gasteiger partial charge in [0.05, 0.1) is 6.04 Å². The van der Waals surface area contributed by atoms with Crippen molar-refractivity contribution >= 4 is 11.8 Å². The molecule has 3 rings (SSSR count). The zero-order valence-electron chi connectivity index (χ0n) is 13.7. The lowest BCUT2D eigenvalue weighted by atomic mass is 9.88. The molecule has 116 valence electrons. The summed E-state index contributed by atoms with van der Waals surface area (Å²) in [4.78, 5) is 25.8. The van der Waals surface area contributed by atoms with Gasteiger partial charge in [0.1, 0.15) is 0 Å². The number of amides is 2. The zero-order chi connectivity index (χ0) is 16.0. The van der Waals surface area contributed by atoms with Crippen LogP contribution in [-0.4, -0.2) is 16.7 Å². The van der Waals surface area contributed by atoms with E-state index in [2.05, 4.69) is 45.9 Å². The average Bonchev–Trinajstić information content (AvgIpc) is 2.99. The molecule has 0 radical (unpaired) electrons. The van der Waals surface area contributed by atoms with Gasteiger partial charge in [-0.1, -0.05) is 45.9 Å². The van der Waals surface area contributed by atoms with Crippen LogP contribution < -0.4 is 0 Å². The Hall–Kier alpha value is -1.90. The molecular weight excluding hydrogens is 274 g/mol. The minimum Gasteiger partial charge on any atom is -0.269 e. The smallest absolute Gasteiger partial charge is 0.254 e. The van der Waals surface area contributed by atoms with Gasteiger partial charge in [0.25, 0.3) is 11.8 Å². The molecule has 2 amide bonds. The lowest BCUT2D eigenvalue weighted by Gasteiger charge is -2.26. The van der Waals surface area contributed by atoms with Crippen LogP contribution in [0.25, 0.3) is 0 Å². The molecule has 0 unspecified atom stereocenters. The van der Waals surface area contributed by atoms with Gasteiger partial charge in [0.15, 0.2) is 0 Å². The zero-order valence-corrected chi connectivity index (χ0v) is 13.7. The van der Waals surface area contributed by atoms with Crippen LogP contribution in [0.5, 0.6) is 0 Å². The normalized spacial score (nSPS) is 24.0. The second-order valence-corrected chi connectivity index (χ2v) is 6.99. The molecule has 1 aromatic carbocycles. The van der Waals surface area contributed by atoms with E-state index in [4.69, 9.17) is 0 Å².